The molecular weight excluding hydrogens is 196 g/mol. The molecule has 1 rings (SSSR count). The number of likely N-dealkylation sites (N-methyl/N-ethyl adjacent to an activating group) is 1. The van der Waals surface area contributed by atoms with Crippen molar-refractivity contribution in [3.05, 3.63) is 23.4 Å². The molecule has 0 amide bonds. The topological polar surface area (TPSA) is 15.6 Å². The molecule has 0 saturated heterocycles. The summed E-state index contributed by atoms with van der Waals surface area (Å²) in [7, 11) is 0. The van der Waals surface area contributed by atoms with Gasteiger partial charge in [-0.15, -0.1) is 0 Å². The van der Waals surface area contributed by atoms with Crippen molar-refractivity contribution in [1.82, 2.24) is 4.90 Å². The van der Waals surface area contributed by atoms with Gasteiger partial charge in [-0.1, -0.05) is 26.3 Å². The van der Waals surface area contributed by atoms with Crippen LogP contribution in [0.15, 0.2) is 28.4 Å². The van der Waals surface area contributed by atoms with Gasteiger partial charge in [0.25, 0.3) is 0 Å². The maximum atomic E-state index is 4.56. The molecule has 0 aromatic rings. The summed E-state index contributed by atoms with van der Waals surface area (Å²) in [6, 6.07) is 0. The molecule has 0 atom stereocenters. The minimum atomic E-state index is 1.01. The lowest BCUT2D eigenvalue weighted by Crippen LogP contribution is -2.30. The van der Waals surface area contributed by atoms with Gasteiger partial charge in [-0.25, -0.2) is 0 Å². The van der Waals surface area contributed by atoms with E-state index in [1.807, 2.05) is 6.21 Å². The number of allylic oxidation sites excluding steroid dienone is 2. The van der Waals surface area contributed by atoms with Crippen molar-refractivity contribution in [2.45, 2.75) is 40.0 Å². The van der Waals surface area contributed by atoms with E-state index in [1.165, 1.54) is 30.7 Å². The number of aliphatic imine (C=N–C) groups is 1. The lowest BCUT2D eigenvalue weighted by molar-refractivity contribution is 0.299. The Morgan fingerprint density at radius 2 is 2.19 bits per heavy atom. The van der Waals surface area contributed by atoms with Gasteiger partial charge in [0.2, 0.25) is 0 Å². The molecule has 16 heavy (non-hydrogen) atoms. The van der Waals surface area contributed by atoms with Crippen molar-refractivity contribution in [2.24, 2.45) is 4.99 Å². The summed E-state index contributed by atoms with van der Waals surface area (Å²) in [4.78, 5) is 7.00. The first kappa shape index (κ1) is 13.2. The van der Waals surface area contributed by atoms with Crippen molar-refractivity contribution in [1.29, 1.82) is 0 Å². The van der Waals surface area contributed by atoms with Crippen molar-refractivity contribution < 1.29 is 0 Å². The fraction of sp³-hybridized carbons (Fsp3) is 0.643. The zero-order valence-electron chi connectivity index (χ0n) is 10.9. The second-order valence-corrected chi connectivity index (χ2v) is 4.34. The Morgan fingerprint density at radius 1 is 1.38 bits per heavy atom. The second kappa shape index (κ2) is 7.39. The molecule has 2 heteroatoms. The second-order valence-electron chi connectivity index (χ2n) is 4.34. The van der Waals surface area contributed by atoms with Crippen molar-refractivity contribution >= 4 is 6.21 Å². The van der Waals surface area contributed by atoms with E-state index in [4.69, 9.17) is 0 Å². The van der Waals surface area contributed by atoms with Gasteiger partial charge in [-0.05, 0) is 38.0 Å². The molecule has 0 fully saturated rings. The Balaban J connectivity index is 2.51. The smallest absolute Gasteiger partial charge is 0.0533 e. The zero-order chi connectivity index (χ0) is 11.8. The average molecular weight is 220 g/mol. The summed E-state index contributed by atoms with van der Waals surface area (Å²) in [5.41, 5.74) is 2.71. The van der Waals surface area contributed by atoms with E-state index >= 15 is 0 Å². The Bertz CT molecular complexity index is 287. The fourth-order valence-corrected chi connectivity index (χ4v) is 1.77. The van der Waals surface area contributed by atoms with Crippen LogP contribution in [0.2, 0.25) is 0 Å². The molecule has 2 nitrogen and oxygen atoms in total. The summed E-state index contributed by atoms with van der Waals surface area (Å²) in [5, 5.41) is 0. The largest absolute Gasteiger partial charge is 0.297 e. The summed E-state index contributed by atoms with van der Waals surface area (Å²) >= 11 is 0. The van der Waals surface area contributed by atoms with Crippen LogP contribution in [0.4, 0.5) is 0 Å². The van der Waals surface area contributed by atoms with Crippen LogP contribution in [0.3, 0.4) is 0 Å². The van der Waals surface area contributed by atoms with E-state index in [0.29, 0.717) is 0 Å². The fourth-order valence-electron chi connectivity index (χ4n) is 1.77. The Hall–Kier alpha value is -0.890. The van der Waals surface area contributed by atoms with Gasteiger partial charge in [0.1, 0.15) is 0 Å². The summed E-state index contributed by atoms with van der Waals surface area (Å²) in [6.07, 6.45) is 9.70. The van der Waals surface area contributed by atoms with Crippen LogP contribution in [0.1, 0.15) is 40.0 Å². The molecule has 1 aliphatic heterocycles. The summed E-state index contributed by atoms with van der Waals surface area (Å²) in [6.45, 7) is 9.93. The molecular formula is C14H24N2. The Morgan fingerprint density at radius 3 is 2.88 bits per heavy atom. The molecule has 0 bridgehead atoms. The highest BCUT2D eigenvalue weighted by molar-refractivity contribution is 5.72. The predicted octanol–water partition coefficient (Wildman–Crippen LogP) is 3.41. The number of nitrogens with zero attached hydrogens (tertiary/aromatic N) is 2. The van der Waals surface area contributed by atoms with Gasteiger partial charge in [0, 0.05) is 19.3 Å². The normalized spacial score (nSPS) is 19.2. The maximum Gasteiger partial charge on any atom is 0.0533 e. The van der Waals surface area contributed by atoms with E-state index in [2.05, 4.69) is 42.8 Å². The average Bonchev–Trinajstić information content (AvgIpc) is 2.31. The van der Waals surface area contributed by atoms with Crippen LogP contribution in [-0.2, 0) is 0 Å². The van der Waals surface area contributed by atoms with Gasteiger partial charge in [-0.2, -0.15) is 0 Å². The van der Waals surface area contributed by atoms with Crippen LogP contribution in [-0.4, -0.2) is 30.7 Å². The number of unbranched alkanes of at least 4 members (excludes halogenated alkanes) is 1. The molecule has 0 N–H and O–H groups in total. The van der Waals surface area contributed by atoms with Gasteiger partial charge in [0.15, 0.2) is 0 Å². The van der Waals surface area contributed by atoms with Gasteiger partial charge in [-0.3, -0.25) is 9.89 Å². The lowest BCUT2D eigenvalue weighted by atomic mass is 10.1. The summed E-state index contributed by atoms with van der Waals surface area (Å²) < 4.78 is 0. The van der Waals surface area contributed by atoms with Gasteiger partial charge in [0.05, 0.1) is 5.70 Å². The minimum Gasteiger partial charge on any atom is -0.297 e. The van der Waals surface area contributed by atoms with E-state index in [1.54, 1.807) is 0 Å². The minimum absolute atomic E-state index is 1.01. The Labute approximate surface area is 99.8 Å². The van der Waals surface area contributed by atoms with E-state index in [0.717, 1.165) is 19.5 Å². The highest BCUT2D eigenvalue weighted by Gasteiger charge is 2.13. The van der Waals surface area contributed by atoms with E-state index in [-0.39, 0.29) is 0 Å². The van der Waals surface area contributed by atoms with Crippen molar-refractivity contribution in [2.75, 3.05) is 19.6 Å². The van der Waals surface area contributed by atoms with Crippen LogP contribution < -0.4 is 0 Å². The first-order valence-corrected chi connectivity index (χ1v) is 6.38. The maximum absolute atomic E-state index is 4.56. The lowest BCUT2D eigenvalue weighted by Gasteiger charge is -2.26. The molecule has 0 aromatic heterocycles. The first-order chi connectivity index (χ1) is 7.77. The zero-order valence-corrected chi connectivity index (χ0v) is 10.9. The molecule has 1 heterocycles. The highest BCUT2D eigenvalue weighted by atomic mass is 15.1. The molecule has 0 aliphatic carbocycles. The Kier molecular flexibility index (Phi) is 6.09. The number of hydrogen-bond acceptors (Lipinski definition) is 2. The van der Waals surface area contributed by atoms with E-state index in [9.17, 15) is 0 Å². The number of rotatable bonds is 5. The molecule has 1 aliphatic rings. The van der Waals surface area contributed by atoms with Crippen molar-refractivity contribution in [3.63, 3.8) is 0 Å². The van der Waals surface area contributed by atoms with Gasteiger partial charge < -0.3 is 0 Å². The SMILES string of the molecule is CCC/C=C/C=NC1=C(C)CCN(CC)C1. The van der Waals surface area contributed by atoms with Crippen molar-refractivity contribution in [3.8, 4) is 0 Å². The standard InChI is InChI=1S/C14H24N2/c1-4-6-7-8-10-15-14-12-16(5-2)11-9-13(14)3/h7-8,10H,4-6,9,11-12H2,1-3H3/b8-7+,15-10?. The van der Waals surface area contributed by atoms with Crippen LogP contribution in [0, 0.1) is 0 Å². The molecule has 0 spiro atoms. The van der Waals surface area contributed by atoms with Gasteiger partial charge >= 0.3 is 0 Å². The molecule has 0 aromatic carbocycles. The third-order valence-corrected chi connectivity index (χ3v) is 3.02. The number of hydrogen-bond donors (Lipinski definition) is 0. The van der Waals surface area contributed by atoms with Crippen LogP contribution in [0.25, 0.3) is 0 Å². The summed E-state index contributed by atoms with van der Waals surface area (Å²) in [5.74, 6) is 0. The van der Waals surface area contributed by atoms with Crippen LogP contribution >= 0.6 is 0 Å². The molecule has 0 radical (unpaired) electrons. The molecule has 0 unspecified atom stereocenters. The van der Waals surface area contributed by atoms with Crippen LogP contribution in [0.5, 0.6) is 0 Å². The highest BCUT2D eigenvalue weighted by Crippen LogP contribution is 2.17. The molecule has 90 valence electrons. The predicted molar refractivity (Wildman–Crippen MR) is 72.0 cm³/mol. The first-order valence-electron chi connectivity index (χ1n) is 6.38. The third kappa shape index (κ3) is 4.31. The van der Waals surface area contributed by atoms with E-state index < -0.39 is 0 Å². The molecule has 0 saturated carbocycles. The monoisotopic (exact) mass is 220 g/mol. The quantitative estimate of drug-likeness (QED) is 0.648. The third-order valence-electron chi connectivity index (χ3n) is 3.02.